The molecular formula is C20H19FN6O. The number of hydrogen-bond donors (Lipinski definition) is 2. The van der Waals surface area contributed by atoms with E-state index in [0.29, 0.717) is 30.5 Å². The summed E-state index contributed by atoms with van der Waals surface area (Å²) in [7, 11) is 0. The number of nitrogens with zero attached hydrogens (tertiary/aromatic N) is 4. The van der Waals surface area contributed by atoms with Gasteiger partial charge in [-0.1, -0.05) is 6.07 Å². The van der Waals surface area contributed by atoms with E-state index in [2.05, 4.69) is 9.97 Å². The molecule has 1 aromatic carbocycles. The minimum absolute atomic E-state index is 0.330. The molecule has 0 bridgehead atoms. The Hall–Kier alpha value is -3.68. The third kappa shape index (κ3) is 3.57. The molecule has 7 nitrogen and oxygen atoms in total. The van der Waals surface area contributed by atoms with E-state index >= 15 is 0 Å². The summed E-state index contributed by atoms with van der Waals surface area (Å²) in [6, 6.07) is 13.3. The molecule has 0 aliphatic heterocycles. The lowest BCUT2D eigenvalue weighted by molar-refractivity contribution is 0.297. The first-order valence-corrected chi connectivity index (χ1v) is 8.75. The molecule has 0 unspecified atom stereocenters. The molecule has 3 heterocycles. The zero-order chi connectivity index (χ0) is 19.7. The summed E-state index contributed by atoms with van der Waals surface area (Å²) in [6.45, 7) is 2.79. The molecule has 0 aliphatic rings. The topological polar surface area (TPSA) is 105 Å². The number of halogens is 1. The van der Waals surface area contributed by atoms with Crippen molar-refractivity contribution in [3.8, 4) is 17.0 Å². The molecule has 28 heavy (non-hydrogen) atoms. The Kier molecular flexibility index (Phi) is 4.52. The van der Waals surface area contributed by atoms with Crippen molar-refractivity contribution < 1.29 is 9.13 Å². The van der Waals surface area contributed by atoms with Crippen LogP contribution in [0.4, 0.5) is 16.0 Å². The first-order chi connectivity index (χ1) is 13.5. The van der Waals surface area contributed by atoms with E-state index in [1.54, 1.807) is 24.3 Å². The van der Waals surface area contributed by atoms with E-state index < -0.39 is 0 Å². The van der Waals surface area contributed by atoms with Crippen LogP contribution in [0.1, 0.15) is 5.82 Å². The van der Waals surface area contributed by atoms with Gasteiger partial charge in [0.1, 0.15) is 41.2 Å². The predicted octanol–water partition coefficient (Wildman–Crippen LogP) is 3.18. The number of imidazole rings is 1. The summed E-state index contributed by atoms with van der Waals surface area (Å²) in [5.74, 6) is 1.65. The van der Waals surface area contributed by atoms with Crippen LogP contribution in [0.15, 0.2) is 48.5 Å². The average molecular weight is 378 g/mol. The zero-order valence-corrected chi connectivity index (χ0v) is 15.3. The van der Waals surface area contributed by atoms with Crippen molar-refractivity contribution in [1.29, 1.82) is 0 Å². The molecule has 0 amide bonds. The van der Waals surface area contributed by atoms with Crippen molar-refractivity contribution in [3.05, 3.63) is 60.2 Å². The molecule has 0 radical (unpaired) electrons. The van der Waals surface area contributed by atoms with Gasteiger partial charge in [-0.25, -0.2) is 19.3 Å². The molecule has 0 atom stereocenters. The Bertz CT molecular complexity index is 1140. The molecule has 4 N–H and O–H groups in total. The van der Waals surface area contributed by atoms with Gasteiger partial charge in [0.2, 0.25) is 0 Å². The van der Waals surface area contributed by atoms with E-state index in [9.17, 15) is 4.39 Å². The van der Waals surface area contributed by atoms with Gasteiger partial charge in [-0.05, 0) is 43.3 Å². The first kappa shape index (κ1) is 17.7. The maximum atomic E-state index is 13.3. The fourth-order valence-electron chi connectivity index (χ4n) is 3.08. The SMILES string of the molecule is Cc1nc2ccc(-c3cc(N)nc(N)c3)nc2n1CCOc1cccc(F)c1. The summed E-state index contributed by atoms with van der Waals surface area (Å²) in [5.41, 5.74) is 14.6. The number of hydrogen-bond acceptors (Lipinski definition) is 6. The van der Waals surface area contributed by atoms with Crippen molar-refractivity contribution in [2.75, 3.05) is 18.1 Å². The van der Waals surface area contributed by atoms with Crippen LogP contribution in [-0.2, 0) is 6.54 Å². The highest BCUT2D eigenvalue weighted by Gasteiger charge is 2.12. The van der Waals surface area contributed by atoms with Crippen LogP contribution in [0.5, 0.6) is 5.75 Å². The van der Waals surface area contributed by atoms with Crippen LogP contribution in [-0.4, -0.2) is 26.1 Å². The van der Waals surface area contributed by atoms with Crippen molar-refractivity contribution in [2.24, 2.45) is 0 Å². The van der Waals surface area contributed by atoms with Crippen molar-refractivity contribution in [1.82, 2.24) is 19.5 Å². The molecule has 4 rings (SSSR count). The maximum absolute atomic E-state index is 13.3. The predicted molar refractivity (Wildman–Crippen MR) is 106 cm³/mol. The van der Waals surface area contributed by atoms with Gasteiger partial charge in [-0.15, -0.1) is 0 Å². The molecule has 0 aliphatic carbocycles. The number of pyridine rings is 2. The lowest BCUT2D eigenvalue weighted by atomic mass is 10.1. The van der Waals surface area contributed by atoms with E-state index in [1.165, 1.54) is 12.1 Å². The Morgan fingerprint density at radius 3 is 2.54 bits per heavy atom. The largest absolute Gasteiger partial charge is 0.492 e. The summed E-state index contributed by atoms with van der Waals surface area (Å²) >= 11 is 0. The Balaban J connectivity index is 1.62. The standard InChI is InChI=1S/C20H19FN6O/c1-12-24-17-6-5-16(13-9-18(22)26-19(23)10-13)25-20(17)27(12)7-8-28-15-4-2-3-14(21)11-15/h2-6,9-11H,7-8H2,1H3,(H4,22,23,26). The van der Waals surface area contributed by atoms with Crippen molar-refractivity contribution >= 4 is 22.8 Å². The molecule has 0 spiro atoms. The van der Waals surface area contributed by atoms with Gasteiger partial charge >= 0.3 is 0 Å². The monoisotopic (exact) mass is 378 g/mol. The minimum Gasteiger partial charge on any atom is -0.492 e. The van der Waals surface area contributed by atoms with E-state index in [0.717, 1.165) is 28.2 Å². The minimum atomic E-state index is -0.330. The van der Waals surface area contributed by atoms with Crippen LogP contribution >= 0.6 is 0 Å². The molecule has 0 fully saturated rings. The van der Waals surface area contributed by atoms with Crippen LogP contribution in [0.2, 0.25) is 0 Å². The van der Waals surface area contributed by atoms with Gasteiger partial charge in [0.25, 0.3) is 0 Å². The number of nitrogen functional groups attached to an aromatic ring is 2. The lowest BCUT2D eigenvalue weighted by Crippen LogP contribution is -2.10. The highest BCUT2D eigenvalue weighted by molar-refractivity contribution is 5.77. The van der Waals surface area contributed by atoms with Gasteiger partial charge in [0.15, 0.2) is 5.65 Å². The summed E-state index contributed by atoms with van der Waals surface area (Å²) in [4.78, 5) is 13.3. The van der Waals surface area contributed by atoms with Gasteiger partial charge in [-0.2, -0.15) is 0 Å². The molecule has 142 valence electrons. The van der Waals surface area contributed by atoms with Crippen LogP contribution < -0.4 is 16.2 Å². The second-order valence-electron chi connectivity index (χ2n) is 6.36. The molecule has 4 aromatic rings. The summed E-state index contributed by atoms with van der Waals surface area (Å²) < 4.78 is 20.9. The number of aryl methyl sites for hydroxylation is 1. The number of fused-ring (bicyclic) bond motifs is 1. The van der Waals surface area contributed by atoms with Crippen LogP contribution in [0.3, 0.4) is 0 Å². The summed E-state index contributed by atoms with van der Waals surface area (Å²) in [5, 5.41) is 0. The number of anilines is 2. The fourth-order valence-corrected chi connectivity index (χ4v) is 3.08. The first-order valence-electron chi connectivity index (χ1n) is 8.75. The number of ether oxygens (including phenoxy) is 1. The third-order valence-electron chi connectivity index (χ3n) is 4.32. The van der Waals surface area contributed by atoms with Crippen molar-refractivity contribution in [2.45, 2.75) is 13.5 Å². The highest BCUT2D eigenvalue weighted by atomic mass is 19.1. The molecule has 3 aromatic heterocycles. The van der Waals surface area contributed by atoms with Gasteiger partial charge < -0.3 is 20.8 Å². The summed E-state index contributed by atoms with van der Waals surface area (Å²) in [6.07, 6.45) is 0. The lowest BCUT2D eigenvalue weighted by Gasteiger charge is -2.10. The zero-order valence-electron chi connectivity index (χ0n) is 15.3. The third-order valence-corrected chi connectivity index (χ3v) is 4.32. The molecular weight excluding hydrogens is 359 g/mol. The second-order valence-corrected chi connectivity index (χ2v) is 6.36. The van der Waals surface area contributed by atoms with Gasteiger partial charge in [-0.3, -0.25) is 0 Å². The second kappa shape index (κ2) is 7.15. The maximum Gasteiger partial charge on any atom is 0.160 e. The van der Waals surface area contributed by atoms with Gasteiger partial charge in [0.05, 0.1) is 12.2 Å². The Morgan fingerprint density at radius 1 is 1.00 bits per heavy atom. The number of nitrogens with two attached hydrogens (primary N) is 2. The van der Waals surface area contributed by atoms with E-state index in [4.69, 9.17) is 21.2 Å². The molecule has 0 saturated heterocycles. The fraction of sp³-hybridized carbons (Fsp3) is 0.150. The highest BCUT2D eigenvalue weighted by Crippen LogP contribution is 2.24. The Morgan fingerprint density at radius 2 is 1.79 bits per heavy atom. The van der Waals surface area contributed by atoms with Crippen molar-refractivity contribution in [3.63, 3.8) is 0 Å². The number of aromatic nitrogens is 4. The molecule has 0 saturated carbocycles. The average Bonchev–Trinajstić information content (AvgIpc) is 2.96. The van der Waals surface area contributed by atoms with Crippen LogP contribution in [0, 0.1) is 12.7 Å². The smallest absolute Gasteiger partial charge is 0.160 e. The molecule has 8 heteroatoms. The van der Waals surface area contributed by atoms with E-state index in [-0.39, 0.29) is 5.82 Å². The Labute approximate surface area is 160 Å². The van der Waals surface area contributed by atoms with Crippen LogP contribution in [0.25, 0.3) is 22.4 Å². The van der Waals surface area contributed by atoms with Gasteiger partial charge in [0, 0.05) is 11.6 Å². The van der Waals surface area contributed by atoms with E-state index in [1.807, 2.05) is 23.6 Å². The number of benzene rings is 1. The normalized spacial score (nSPS) is 11.1. The number of rotatable bonds is 5. The quantitative estimate of drug-likeness (QED) is 0.553.